The maximum Gasteiger partial charge on any atom is 0.143 e. The van der Waals surface area contributed by atoms with Gasteiger partial charge in [-0.05, 0) is 133 Å². The molecule has 0 bridgehead atoms. The summed E-state index contributed by atoms with van der Waals surface area (Å²) in [5.74, 6) is 0. The Hall–Kier alpha value is -9.30. The summed E-state index contributed by atoms with van der Waals surface area (Å²) in [5.41, 5.74) is 8.80. The van der Waals surface area contributed by atoms with Crippen molar-refractivity contribution in [2.45, 2.75) is 0 Å². The van der Waals surface area contributed by atoms with E-state index in [9.17, 15) is 0 Å². The predicted molar refractivity (Wildman–Crippen MR) is 304 cm³/mol. The van der Waals surface area contributed by atoms with Crippen LogP contribution in [-0.4, -0.2) is 0 Å². The summed E-state index contributed by atoms with van der Waals surface area (Å²) >= 11 is 0. The highest BCUT2D eigenvalue weighted by Gasteiger charge is 2.22. The van der Waals surface area contributed by atoms with Crippen LogP contribution in [0.25, 0.3) is 142 Å². The van der Waals surface area contributed by atoms with E-state index in [-0.39, 0.29) is 45.7 Å². The first kappa shape index (κ1) is 33.2. The van der Waals surface area contributed by atoms with Gasteiger partial charge in [-0.3, -0.25) is 0 Å². The topological polar surface area (TPSA) is 13.1 Å². The number of rotatable bonds is 4. The van der Waals surface area contributed by atoms with Gasteiger partial charge in [-0.15, -0.1) is 0 Å². The number of furan rings is 1. The average Bonchev–Trinajstić information content (AvgIpc) is 4.07. The fourth-order valence-electron chi connectivity index (χ4n) is 11.1. The Morgan fingerprint density at radius 2 is 0.718 bits per heavy atom. The normalized spacial score (nSPS) is 13.2. The maximum atomic E-state index is 9.13. The fourth-order valence-corrected chi connectivity index (χ4v) is 11.1. The van der Waals surface area contributed by atoms with Crippen LogP contribution in [0.5, 0.6) is 0 Å². The van der Waals surface area contributed by atoms with Crippen molar-refractivity contribution in [3.05, 3.63) is 267 Å². The summed E-state index contributed by atoms with van der Waals surface area (Å²) in [5, 5.41) is 14.2. The van der Waals surface area contributed by atoms with Crippen LogP contribution < -0.4 is 0 Å². The summed E-state index contributed by atoms with van der Waals surface area (Å²) in [6, 6.07) is 71.8. The van der Waals surface area contributed by atoms with Crippen molar-refractivity contribution in [3.8, 4) is 44.5 Å². The lowest BCUT2D eigenvalue weighted by Gasteiger charge is -2.19. The molecule has 1 heteroatoms. The van der Waals surface area contributed by atoms with Crippen LogP contribution in [0.2, 0.25) is 0 Å². The van der Waals surface area contributed by atoms with Crippen molar-refractivity contribution in [1.29, 1.82) is 0 Å². The van der Waals surface area contributed by atoms with Gasteiger partial charge in [0.2, 0.25) is 0 Å². The van der Waals surface area contributed by atoms with Gasteiger partial charge < -0.3 is 4.42 Å². The van der Waals surface area contributed by atoms with Crippen LogP contribution in [0.3, 0.4) is 0 Å². The first-order chi connectivity index (χ1) is 38.6. The lowest BCUT2D eigenvalue weighted by molar-refractivity contribution is 0.673. The third-order valence-electron chi connectivity index (χ3n) is 14.1. The summed E-state index contributed by atoms with van der Waals surface area (Å²) in [4.78, 5) is 0. The van der Waals surface area contributed by atoms with Gasteiger partial charge in [0.05, 0.1) is 11.0 Å². The van der Waals surface area contributed by atoms with Crippen LogP contribution in [0.1, 0.15) is 11.0 Å². The van der Waals surface area contributed by atoms with E-state index in [1.165, 1.54) is 54.6 Å². The van der Waals surface area contributed by atoms with E-state index in [1.54, 1.807) is 0 Å². The van der Waals surface area contributed by atoms with Gasteiger partial charge in [-0.2, -0.15) is 0 Å². The van der Waals surface area contributed by atoms with Crippen LogP contribution in [0.15, 0.2) is 271 Å². The highest BCUT2D eigenvalue weighted by Crippen LogP contribution is 2.49. The van der Waals surface area contributed by atoms with Gasteiger partial charge in [0.1, 0.15) is 11.2 Å². The van der Waals surface area contributed by atoms with Crippen LogP contribution in [-0.2, 0) is 0 Å². The van der Waals surface area contributed by atoms with Crippen molar-refractivity contribution in [2.24, 2.45) is 0 Å². The van der Waals surface area contributed by atoms with E-state index in [4.69, 9.17) is 15.4 Å². The molecule has 0 saturated heterocycles. The Morgan fingerprint density at radius 1 is 0.268 bits per heavy atom. The largest absolute Gasteiger partial charge is 0.455 e. The fraction of sp³-hybridized carbons (Fsp3) is 0. The molecule has 0 fully saturated rings. The number of hydrogen-bond donors (Lipinski definition) is 0. The van der Waals surface area contributed by atoms with Gasteiger partial charge in [0.15, 0.2) is 0 Å². The SMILES string of the molecule is [2H]c1c([2H])c([2H])c2c(-c3cccc4ccccc34)c3c([2H])c([2H])c([2H])c([2H])c3c(-c3ccc4ccccc4c3)c2c1[2H].c1ccc(-c2c3ccccc3c(-c3cccc4oc5c6ccccc6ccc5c34)c3ccccc23)cc1. The second-order valence-electron chi connectivity index (χ2n) is 18.0. The van der Waals surface area contributed by atoms with E-state index in [0.717, 1.165) is 43.5 Å². The van der Waals surface area contributed by atoms with Gasteiger partial charge in [0.25, 0.3) is 0 Å². The average molecular weight is 909 g/mol. The molecule has 1 heterocycles. The van der Waals surface area contributed by atoms with Crippen molar-refractivity contribution in [3.63, 3.8) is 0 Å². The smallest absolute Gasteiger partial charge is 0.143 e. The summed E-state index contributed by atoms with van der Waals surface area (Å²) in [7, 11) is 0. The minimum absolute atomic E-state index is 0.219. The maximum absolute atomic E-state index is 9.13. The van der Waals surface area contributed by atoms with E-state index in [2.05, 4.69) is 133 Å². The van der Waals surface area contributed by atoms with Crippen molar-refractivity contribution in [1.82, 2.24) is 0 Å². The van der Waals surface area contributed by atoms with Crippen LogP contribution in [0, 0.1) is 0 Å². The van der Waals surface area contributed by atoms with E-state index in [0.29, 0.717) is 22.3 Å². The molecule has 1 nitrogen and oxygen atoms in total. The van der Waals surface area contributed by atoms with Gasteiger partial charge in [-0.25, -0.2) is 0 Å². The standard InChI is InChI=1S/C36H22O.C34H22/c1-2-12-24(13-3-1)33-26-15-6-8-17-28(26)34(29-18-9-7-16-27(29)33)30-19-10-20-32-35(30)31-22-21-23-11-4-5-14-25(23)36(31)37-32;1-2-12-25-22-26(21-20-23(25)10-1)33-29-15-5-7-17-31(29)34(32-18-8-6-16-30(32)33)28-19-9-13-24-11-3-4-14-27(24)28/h1-22H;1-22H/i;5D,6D,7D,8D,15D,16D,17D,18D. The Bertz CT molecular complexity index is 4920. The molecule has 0 amide bonds. The molecule has 0 spiro atoms. The lowest BCUT2D eigenvalue weighted by atomic mass is 9.84. The Labute approximate surface area is 422 Å². The zero-order valence-electron chi connectivity index (χ0n) is 46.2. The number of hydrogen-bond acceptors (Lipinski definition) is 1. The first-order valence-corrected chi connectivity index (χ1v) is 23.8. The molecule has 1 aromatic heterocycles. The third-order valence-corrected chi connectivity index (χ3v) is 14.1. The van der Waals surface area contributed by atoms with E-state index >= 15 is 0 Å². The van der Waals surface area contributed by atoms with Crippen molar-refractivity contribution < 1.29 is 15.4 Å². The lowest BCUT2D eigenvalue weighted by Crippen LogP contribution is -1.91. The van der Waals surface area contributed by atoms with Crippen LogP contribution >= 0.6 is 0 Å². The molecule has 0 radical (unpaired) electrons. The number of fused-ring (bicyclic) bond motifs is 11. The van der Waals surface area contributed by atoms with E-state index in [1.807, 2.05) is 84.9 Å². The van der Waals surface area contributed by atoms with Gasteiger partial charge in [-0.1, -0.05) is 249 Å². The summed E-state index contributed by atoms with van der Waals surface area (Å²) in [6.45, 7) is 0. The zero-order chi connectivity index (χ0) is 53.8. The van der Waals surface area contributed by atoms with E-state index < -0.39 is 24.2 Å². The minimum Gasteiger partial charge on any atom is -0.455 e. The Morgan fingerprint density at radius 3 is 1.38 bits per heavy atom. The molecule has 0 aliphatic heterocycles. The summed E-state index contributed by atoms with van der Waals surface area (Å²) in [6.07, 6.45) is 0. The molecule has 0 unspecified atom stereocenters. The second-order valence-corrected chi connectivity index (χ2v) is 18.0. The molecule has 0 saturated carbocycles. The molecule has 0 atom stereocenters. The monoisotopic (exact) mass is 908 g/mol. The molecule has 15 rings (SSSR count). The second kappa shape index (κ2) is 16.7. The van der Waals surface area contributed by atoms with Gasteiger partial charge in [0, 0.05) is 16.2 Å². The van der Waals surface area contributed by atoms with Crippen LogP contribution in [0.4, 0.5) is 0 Å². The molecule has 14 aromatic carbocycles. The Balaban J connectivity index is 0.000000144. The Kier molecular flexibility index (Phi) is 7.83. The molecular weight excluding hydrogens is 857 g/mol. The van der Waals surface area contributed by atoms with Gasteiger partial charge >= 0.3 is 0 Å². The molecule has 0 N–H and O–H groups in total. The predicted octanol–water partition coefficient (Wildman–Crippen LogP) is 20.0. The molecule has 15 aromatic rings. The third kappa shape index (κ3) is 6.62. The molecule has 330 valence electrons. The highest BCUT2D eigenvalue weighted by molar-refractivity contribution is 6.27. The first-order valence-electron chi connectivity index (χ1n) is 27.8. The van der Waals surface area contributed by atoms with Crippen molar-refractivity contribution >= 4 is 97.3 Å². The number of benzene rings is 14. The quantitative estimate of drug-likeness (QED) is 0.160. The molecule has 0 aliphatic rings. The van der Waals surface area contributed by atoms with Crippen molar-refractivity contribution in [2.75, 3.05) is 0 Å². The zero-order valence-corrected chi connectivity index (χ0v) is 38.2. The molecule has 0 aliphatic carbocycles. The highest BCUT2D eigenvalue weighted by atomic mass is 16.3. The molecule has 71 heavy (non-hydrogen) atoms. The minimum atomic E-state index is -0.404. The molecular formula is C70H44O. The summed E-state index contributed by atoms with van der Waals surface area (Å²) < 4.78 is 77.4.